The number of rotatable bonds is 5. The maximum absolute atomic E-state index is 12.3. The van der Waals surface area contributed by atoms with Crippen molar-refractivity contribution in [1.82, 2.24) is 15.1 Å². The molecule has 6 nitrogen and oxygen atoms in total. The Morgan fingerprint density at radius 3 is 2.69 bits per heavy atom. The Balaban J connectivity index is 1.63. The van der Waals surface area contributed by atoms with Crippen LogP contribution in [0.25, 0.3) is 0 Å². The molecule has 1 amide bonds. The Morgan fingerprint density at radius 1 is 1.23 bits per heavy atom. The molecule has 0 unspecified atom stereocenters. The summed E-state index contributed by atoms with van der Waals surface area (Å²) in [6, 6.07) is 9.90. The lowest BCUT2D eigenvalue weighted by Gasteiger charge is -2.29. The van der Waals surface area contributed by atoms with Gasteiger partial charge >= 0.3 is 0 Å². The highest BCUT2D eigenvalue weighted by atomic mass is 32.2. The lowest BCUT2D eigenvalue weighted by Crippen LogP contribution is -2.34. The summed E-state index contributed by atoms with van der Waals surface area (Å²) in [5.41, 5.74) is 0.915. The number of likely N-dealkylation sites (tertiary alicyclic amines) is 1. The van der Waals surface area contributed by atoms with Crippen molar-refractivity contribution < 1.29 is 4.79 Å². The van der Waals surface area contributed by atoms with E-state index in [4.69, 9.17) is 4.99 Å². The van der Waals surface area contributed by atoms with Crippen molar-refractivity contribution in [2.75, 3.05) is 24.2 Å². The molecule has 1 N–H and O–H groups in total. The first-order valence-electron chi connectivity index (χ1n) is 8.88. The highest BCUT2D eigenvalue weighted by molar-refractivity contribution is 8.14. The van der Waals surface area contributed by atoms with Crippen LogP contribution in [0, 0.1) is 0 Å². The number of para-hydroxylation sites is 1. The lowest BCUT2D eigenvalue weighted by molar-refractivity contribution is -0.113. The molecule has 0 bridgehead atoms. The van der Waals surface area contributed by atoms with Gasteiger partial charge in [0.1, 0.15) is 5.01 Å². The fraction of sp³-hybridized carbons (Fsp3) is 0.444. The third kappa shape index (κ3) is 5.54. The third-order valence-corrected chi connectivity index (χ3v) is 5.95. The van der Waals surface area contributed by atoms with Gasteiger partial charge in [-0.15, -0.1) is 10.2 Å². The van der Waals surface area contributed by atoms with Gasteiger partial charge in [0.05, 0.1) is 11.4 Å². The standard InChI is InChI=1S/C18H23N5OS2/c1-2-16-21-22-17(26-16)20-15(24)13-25-18(23-11-7-4-8-12-23)19-14-9-5-3-6-10-14/h3,5-6,9-10H,2,4,7-8,11-13H2,1H3,(H,20,22,24). The molecule has 2 aromatic rings. The molecule has 26 heavy (non-hydrogen) atoms. The zero-order valence-corrected chi connectivity index (χ0v) is 16.5. The molecular weight excluding hydrogens is 366 g/mol. The van der Waals surface area contributed by atoms with Gasteiger partial charge in [-0.25, -0.2) is 4.99 Å². The molecule has 0 radical (unpaired) electrons. The molecule has 0 spiro atoms. The van der Waals surface area contributed by atoms with E-state index in [1.54, 1.807) is 0 Å². The number of benzene rings is 1. The number of nitrogens with one attached hydrogen (secondary N) is 1. The number of anilines is 1. The fourth-order valence-corrected chi connectivity index (χ4v) is 4.19. The number of nitrogens with zero attached hydrogens (tertiary/aromatic N) is 4. The van der Waals surface area contributed by atoms with Crippen LogP contribution in [0.1, 0.15) is 31.2 Å². The van der Waals surface area contributed by atoms with Gasteiger partial charge in [-0.3, -0.25) is 10.1 Å². The molecule has 0 aliphatic carbocycles. The summed E-state index contributed by atoms with van der Waals surface area (Å²) in [7, 11) is 0. The molecule has 1 aromatic heterocycles. The molecule has 1 aromatic carbocycles. The van der Waals surface area contributed by atoms with Crippen molar-refractivity contribution >= 4 is 45.0 Å². The van der Waals surface area contributed by atoms with Gasteiger partial charge in [0.2, 0.25) is 11.0 Å². The average molecular weight is 390 g/mol. The summed E-state index contributed by atoms with van der Waals surface area (Å²) in [5.74, 6) is 0.231. The summed E-state index contributed by atoms with van der Waals surface area (Å²) in [6.45, 7) is 4.01. The normalized spacial score (nSPS) is 15.1. The van der Waals surface area contributed by atoms with Crippen molar-refractivity contribution in [3.63, 3.8) is 0 Å². The van der Waals surface area contributed by atoms with E-state index in [9.17, 15) is 4.79 Å². The van der Waals surface area contributed by atoms with Crippen LogP contribution in [0.2, 0.25) is 0 Å². The summed E-state index contributed by atoms with van der Waals surface area (Å²) in [4.78, 5) is 19.3. The second kappa shape index (κ2) is 9.68. The topological polar surface area (TPSA) is 70.5 Å². The number of carbonyl (C=O) groups excluding carboxylic acids is 1. The van der Waals surface area contributed by atoms with Crippen LogP contribution in [0.3, 0.4) is 0 Å². The van der Waals surface area contributed by atoms with Crippen LogP contribution in [0.4, 0.5) is 10.8 Å². The molecule has 1 aliphatic heterocycles. The Bertz CT molecular complexity index is 741. The van der Waals surface area contributed by atoms with Gasteiger partial charge in [0.25, 0.3) is 0 Å². The van der Waals surface area contributed by atoms with E-state index in [1.807, 2.05) is 37.3 Å². The summed E-state index contributed by atoms with van der Waals surface area (Å²) in [5, 5.41) is 13.3. The van der Waals surface area contributed by atoms with Crippen molar-refractivity contribution in [3.05, 3.63) is 35.3 Å². The monoisotopic (exact) mass is 389 g/mol. The number of piperidine rings is 1. The fourth-order valence-electron chi connectivity index (χ4n) is 2.62. The molecule has 8 heteroatoms. The summed E-state index contributed by atoms with van der Waals surface area (Å²) >= 11 is 2.91. The van der Waals surface area contributed by atoms with Gasteiger partial charge in [0.15, 0.2) is 5.17 Å². The number of thioether (sulfide) groups is 1. The molecule has 0 saturated carbocycles. The Morgan fingerprint density at radius 2 is 2.00 bits per heavy atom. The maximum Gasteiger partial charge on any atom is 0.236 e. The van der Waals surface area contributed by atoms with Gasteiger partial charge < -0.3 is 4.90 Å². The molecule has 3 rings (SSSR count). The minimum atomic E-state index is -0.0772. The van der Waals surface area contributed by atoms with Gasteiger partial charge in [0, 0.05) is 13.1 Å². The largest absolute Gasteiger partial charge is 0.351 e. The molecule has 2 heterocycles. The first-order chi connectivity index (χ1) is 12.7. The SMILES string of the molecule is CCc1nnc(NC(=O)CSC(=Nc2ccccc2)N2CCCCC2)s1. The van der Waals surface area contributed by atoms with Crippen molar-refractivity contribution in [3.8, 4) is 0 Å². The number of hydrogen-bond acceptors (Lipinski definition) is 6. The van der Waals surface area contributed by atoms with E-state index >= 15 is 0 Å². The van der Waals surface area contributed by atoms with Crippen molar-refractivity contribution in [2.24, 2.45) is 4.99 Å². The Kier molecular flexibility index (Phi) is 7.02. The average Bonchev–Trinajstić information content (AvgIpc) is 3.14. The number of aliphatic imine (C=N–C) groups is 1. The number of hydrogen-bond donors (Lipinski definition) is 1. The Labute approximate surface area is 162 Å². The van der Waals surface area contributed by atoms with Crippen LogP contribution >= 0.6 is 23.1 Å². The van der Waals surface area contributed by atoms with Gasteiger partial charge in [-0.1, -0.05) is 48.2 Å². The van der Waals surface area contributed by atoms with Crippen molar-refractivity contribution in [2.45, 2.75) is 32.6 Å². The number of aryl methyl sites for hydroxylation is 1. The van der Waals surface area contributed by atoms with E-state index in [-0.39, 0.29) is 5.91 Å². The zero-order valence-electron chi connectivity index (χ0n) is 14.9. The minimum absolute atomic E-state index is 0.0772. The predicted molar refractivity (Wildman–Crippen MR) is 109 cm³/mol. The van der Waals surface area contributed by atoms with Crippen LogP contribution in [0.5, 0.6) is 0 Å². The molecule has 0 atom stereocenters. The number of amides is 1. The van der Waals surface area contributed by atoms with E-state index in [1.165, 1.54) is 42.4 Å². The first kappa shape index (κ1) is 18.8. The third-order valence-electron chi connectivity index (χ3n) is 3.96. The van der Waals surface area contributed by atoms with E-state index in [0.29, 0.717) is 10.9 Å². The van der Waals surface area contributed by atoms with E-state index in [2.05, 4.69) is 20.4 Å². The molecule has 1 aliphatic rings. The van der Waals surface area contributed by atoms with Gasteiger partial charge in [-0.2, -0.15) is 0 Å². The van der Waals surface area contributed by atoms with Crippen molar-refractivity contribution in [1.29, 1.82) is 0 Å². The molecular formula is C18H23N5OS2. The van der Waals surface area contributed by atoms with Crippen LogP contribution in [0.15, 0.2) is 35.3 Å². The van der Waals surface area contributed by atoms with Crippen LogP contribution < -0.4 is 5.32 Å². The van der Waals surface area contributed by atoms with E-state index in [0.717, 1.165) is 35.4 Å². The minimum Gasteiger partial charge on any atom is -0.351 e. The Hall–Kier alpha value is -1.93. The van der Waals surface area contributed by atoms with Crippen LogP contribution in [-0.4, -0.2) is 45.0 Å². The highest BCUT2D eigenvalue weighted by Gasteiger charge is 2.17. The summed E-state index contributed by atoms with van der Waals surface area (Å²) < 4.78 is 0. The predicted octanol–water partition coefficient (Wildman–Crippen LogP) is 3.95. The van der Waals surface area contributed by atoms with Gasteiger partial charge in [-0.05, 0) is 37.8 Å². The number of amidine groups is 1. The second-order valence-electron chi connectivity index (χ2n) is 5.97. The summed E-state index contributed by atoms with van der Waals surface area (Å²) in [6.07, 6.45) is 4.43. The highest BCUT2D eigenvalue weighted by Crippen LogP contribution is 2.21. The molecule has 1 fully saturated rings. The lowest BCUT2D eigenvalue weighted by atomic mass is 10.1. The smallest absolute Gasteiger partial charge is 0.236 e. The number of carbonyl (C=O) groups is 1. The second-order valence-corrected chi connectivity index (χ2v) is 7.97. The number of aromatic nitrogens is 2. The zero-order chi connectivity index (χ0) is 18.2. The maximum atomic E-state index is 12.3. The molecule has 138 valence electrons. The quantitative estimate of drug-likeness (QED) is 0.619. The van der Waals surface area contributed by atoms with E-state index < -0.39 is 0 Å². The van der Waals surface area contributed by atoms with Crippen LogP contribution in [-0.2, 0) is 11.2 Å². The first-order valence-corrected chi connectivity index (χ1v) is 10.7. The molecule has 1 saturated heterocycles.